The van der Waals surface area contributed by atoms with Gasteiger partial charge in [-0.2, -0.15) is 0 Å². The van der Waals surface area contributed by atoms with E-state index in [1.807, 2.05) is 37.3 Å². The lowest BCUT2D eigenvalue weighted by Gasteiger charge is -2.37. The Morgan fingerprint density at radius 3 is 2.58 bits per heavy atom. The lowest BCUT2D eigenvalue weighted by atomic mass is 9.65. The van der Waals surface area contributed by atoms with E-state index in [4.69, 9.17) is 9.47 Å². The van der Waals surface area contributed by atoms with Gasteiger partial charge in [0.2, 0.25) is 11.8 Å². The summed E-state index contributed by atoms with van der Waals surface area (Å²) < 4.78 is 12.1. The summed E-state index contributed by atoms with van der Waals surface area (Å²) in [5, 5.41) is 13.5. The molecule has 0 aromatic heterocycles. The molecule has 8 nitrogen and oxygen atoms in total. The van der Waals surface area contributed by atoms with Crippen LogP contribution in [0.15, 0.2) is 30.3 Å². The fraction of sp³-hybridized carbons (Fsp3) is 0.679. The van der Waals surface area contributed by atoms with Crippen molar-refractivity contribution in [1.82, 2.24) is 10.2 Å². The second kappa shape index (κ2) is 10.9. The molecular formula is C28H40N2O6. The Morgan fingerprint density at radius 1 is 1.19 bits per heavy atom. The average molecular weight is 501 g/mol. The zero-order chi connectivity index (χ0) is 25.9. The number of ether oxygens (including phenoxy) is 2. The molecule has 1 aromatic carbocycles. The Bertz CT molecular complexity index is 955. The number of aliphatic hydroxyl groups excluding tert-OH is 1. The summed E-state index contributed by atoms with van der Waals surface area (Å²) in [6.45, 7) is 6.22. The first-order valence-electron chi connectivity index (χ1n) is 13.5. The Hall–Kier alpha value is -2.45. The smallest absolute Gasteiger partial charge is 0.312 e. The molecule has 2 N–H and O–H groups in total. The molecule has 3 aliphatic heterocycles. The molecule has 4 rings (SSSR count). The quantitative estimate of drug-likeness (QED) is 0.338. The van der Waals surface area contributed by atoms with E-state index in [1.54, 1.807) is 6.92 Å². The third-order valence-electron chi connectivity index (χ3n) is 8.41. The maximum absolute atomic E-state index is 14.2. The van der Waals surface area contributed by atoms with E-state index >= 15 is 0 Å². The van der Waals surface area contributed by atoms with Crippen molar-refractivity contribution in [3.8, 4) is 0 Å². The van der Waals surface area contributed by atoms with Crippen LogP contribution in [0, 0.1) is 11.8 Å². The largest absolute Gasteiger partial charge is 0.466 e. The predicted molar refractivity (Wildman–Crippen MR) is 134 cm³/mol. The van der Waals surface area contributed by atoms with Crippen LogP contribution in [-0.2, 0) is 30.3 Å². The zero-order valence-electron chi connectivity index (χ0n) is 21.7. The number of hydrogen-bond acceptors (Lipinski definition) is 6. The normalized spacial score (nSPS) is 31.4. The van der Waals surface area contributed by atoms with Gasteiger partial charge in [0.05, 0.1) is 30.8 Å². The van der Waals surface area contributed by atoms with Gasteiger partial charge in [-0.25, -0.2) is 0 Å². The summed E-state index contributed by atoms with van der Waals surface area (Å²) in [6.07, 6.45) is 4.93. The molecule has 2 amide bonds. The Labute approximate surface area is 213 Å². The van der Waals surface area contributed by atoms with Crippen LogP contribution in [-0.4, -0.2) is 70.8 Å². The second-order valence-electron chi connectivity index (χ2n) is 10.4. The number of likely N-dealkylation sites (tertiary alicyclic amines) is 1. The van der Waals surface area contributed by atoms with Gasteiger partial charge in [0.25, 0.3) is 0 Å². The summed E-state index contributed by atoms with van der Waals surface area (Å²) in [5.74, 6) is -2.58. The summed E-state index contributed by atoms with van der Waals surface area (Å²) in [5.41, 5.74) is -0.963. The number of benzene rings is 1. The van der Waals surface area contributed by atoms with Crippen molar-refractivity contribution in [3.63, 3.8) is 0 Å². The third kappa shape index (κ3) is 4.32. The molecule has 36 heavy (non-hydrogen) atoms. The van der Waals surface area contributed by atoms with Crippen molar-refractivity contribution in [1.29, 1.82) is 0 Å². The van der Waals surface area contributed by atoms with E-state index in [0.29, 0.717) is 32.2 Å². The van der Waals surface area contributed by atoms with Gasteiger partial charge in [-0.3, -0.25) is 14.4 Å². The number of rotatable bonds is 12. The minimum Gasteiger partial charge on any atom is -0.466 e. The monoisotopic (exact) mass is 500 g/mol. The molecule has 3 heterocycles. The molecule has 3 fully saturated rings. The standard InChI is InChI=1S/C28H40N2O6/c1-4-7-11-16-29-24(32)23-28-15-14-27(5-2,36-28)22(26(34)35-6-3)21(28)25(33)30(23)20(18-31)17-19-12-9-8-10-13-19/h8-10,12-13,20-23,31H,4-7,11,14-18H2,1-3H3,(H,29,32)/t20-,21+,22-,23?,27+,28?/m1/s1. The first-order valence-corrected chi connectivity index (χ1v) is 13.5. The highest BCUT2D eigenvalue weighted by atomic mass is 16.6. The first kappa shape index (κ1) is 26.6. The molecule has 2 bridgehead atoms. The van der Waals surface area contributed by atoms with Gasteiger partial charge in [-0.15, -0.1) is 0 Å². The van der Waals surface area contributed by atoms with Gasteiger partial charge in [0, 0.05) is 6.54 Å². The number of esters is 1. The summed E-state index contributed by atoms with van der Waals surface area (Å²) in [4.78, 5) is 42.7. The number of fused-ring (bicyclic) bond motifs is 1. The molecule has 6 atom stereocenters. The van der Waals surface area contributed by atoms with Crippen LogP contribution in [0.5, 0.6) is 0 Å². The molecule has 0 radical (unpaired) electrons. The van der Waals surface area contributed by atoms with Gasteiger partial charge >= 0.3 is 5.97 Å². The SMILES string of the molecule is CCCCCNC(=O)C1N([C@@H](CO)Cc2ccccc2)C(=O)[C@@H]2[C@H](C(=O)OCC)[C@]3(CC)CCC12O3. The summed E-state index contributed by atoms with van der Waals surface area (Å²) in [6, 6.07) is 8.09. The Balaban J connectivity index is 1.73. The van der Waals surface area contributed by atoms with E-state index in [2.05, 4.69) is 12.2 Å². The van der Waals surface area contributed by atoms with Crippen molar-refractivity contribution >= 4 is 17.8 Å². The molecule has 3 aliphatic rings. The minimum atomic E-state index is -1.11. The average Bonchev–Trinajstić information content (AvgIpc) is 3.49. The molecule has 8 heteroatoms. The van der Waals surface area contributed by atoms with Crippen molar-refractivity contribution < 1.29 is 29.0 Å². The maximum Gasteiger partial charge on any atom is 0.312 e. The molecule has 198 valence electrons. The van der Waals surface area contributed by atoms with Gasteiger partial charge in [-0.1, -0.05) is 57.0 Å². The lowest BCUT2D eigenvalue weighted by molar-refractivity contribution is -0.161. The number of unbranched alkanes of at least 4 members (excludes halogenated alkanes) is 2. The third-order valence-corrected chi connectivity index (χ3v) is 8.41. The molecule has 0 aliphatic carbocycles. The number of amides is 2. The number of nitrogens with zero attached hydrogens (tertiary/aromatic N) is 1. The molecule has 2 unspecified atom stereocenters. The number of aliphatic hydroxyl groups is 1. The fourth-order valence-corrected chi connectivity index (χ4v) is 6.76. The van der Waals surface area contributed by atoms with Crippen LogP contribution >= 0.6 is 0 Å². The van der Waals surface area contributed by atoms with E-state index < -0.39 is 41.1 Å². The van der Waals surface area contributed by atoms with Crippen LogP contribution in [0.2, 0.25) is 0 Å². The summed E-state index contributed by atoms with van der Waals surface area (Å²) >= 11 is 0. The topological polar surface area (TPSA) is 105 Å². The number of carbonyl (C=O) groups is 3. The van der Waals surface area contributed by atoms with E-state index in [-0.39, 0.29) is 25.0 Å². The van der Waals surface area contributed by atoms with Crippen molar-refractivity contribution in [2.24, 2.45) is 11.8 Å². The zero-order valence-corrected chi connectivity index (χ0v) is 21.7. The molecule has 3 saturated heterocycles. The number of carbonyl (C=O) groups excluding carboxylic acids is 3. The van der Waals surface area contributed by atoms with E-state index in [0.717, 1.165) is 24.8 Å². The van der Waals surface area contributed by atoms with Crippen molar-refractivity contribution in [3.05, 3.63) is 35.9 Å². The van der Waals surface area contributed by atoms with Gasteiger partial charge in [0.1, 0.15) is 17.6 Å². The Morgan fingerprint density at radius 2 is 1.94 bits per heavy atom. The van der Waals surface area contributed by atoms with Crippen molar-refractivity contribution in [2.45, 2.75) is 89.0 Å². The molecule has 1 aromatic rings. The Kier molecular flexibility index (Phi) is 8.05. The minimum absolute atomic E-state index is 0.210. The first-order chi connectivity index (χ1) is 17.4. The van der Waals surface area contributed by atoms with Crippen LogP contribution in [0.1, 0.15) is 64.9 Å². The number of hydrogen-bond donors (Lipinski definition) is 2. The van der Waals surface area contributed by atoms with Gasteiger partial charge in [0.15, 0.2) is 0 Å². The van der Waals surface area contributed by atoms with E-state index in [9.17, 15) is 19.5 Å². The molecule has 0 saturated carbocycles. The second-order valence-corrected chi connectivity index (χ2v) is 10.4. The summed E-state index contributed by atoms with van der Waals surface area (Å²) in [7, 11) is 0. The maximum atomic E-state index is 14.2. The lowest BCUT2D eigenvalue weighted by Crippen LogP contribution is -2.58. The van der Waals surface area contributed by atoms with Crippen LogP contribution < -0.4 is 5.32 Å². The van der Waals surface area contributed by atoms with E-state index in [1.165, 1.54) is 4.90 Å². The van der Waals surface area contributed by atoms with Crippen LogP contribution in [0.3, 0.4) is 0 Å². The van der Waals surface area contributed by atoms with Gasteiger partial charge < -0.3 is 24.8 Å². The molecule has 1 spiro atoms. The fourth-order valence-electron chi connectivity index (χ4n) is 6.76. The van der Waals surface area contributed by atoms with Crippen molar-refractivity contribution in [2.75, 3.05) is 19.8 Å². The highest BCUT2D eigenvalue weighted by Gasteiger charge is 2.79. The van der Waals surface area contributed by atoms with Crippen LogP contribution in [0.4, 0.5) is 0 Å². The molecular weight excluding hydrogens is 460 g/mol. The predicted octanol–water partition coefficient (Wildman–Crippen LogP) is 2.61. The number of nitrogens with one attached hydrogen (secondary N) is 1. The highest BCUT2D eigenvalue weighted by molar-refractivity contribution is 5.98. The van der Waals surface area contributed by atoms with Crippen LogP contribution in [0.25, 0.3) is 0 Å². The van der Waals surface area contributed by atoms with Gasteiger partial charge in [-0.05, 0) is 44.6 Å². The highest BCUT2D eigenvalue weighted by Crippen LogP contribution is 2.64.